The highest BCUT2D eigenvalue weighted by molar-refractivity contribution is 7.85. The SMILES string of the molecule is CCCCCCCCC/C=C\CCCCCCC(O)C(=O)NC(CS(=O)(=O)O)C(O)/C=C/CC/C=C/CCCCCCCCCCCCCCC. The van der Waals surface area contributed by atoms with Gasteiger partial charge in [-0.15, -0.1) is 0 Å². The summed E-state index contributed by atoms with van der Waals surface area (Å²) in [5, 5.41) is 23.4. The number of allylic oxidation sites excluding steroid dienone is 5. The van der Waals surface area contributed by atoms with Crippen LogP contribution in [0.15, 0.2) is 36.5 Å². The lowest BCUT2D eigenvalue weighted by molar-refractivity contribution is -0.130. The molecule has 0 aromatic heterocycles. The Balaban J connectivity index is 4.08. The van der Waals surface area contributed by atoms with Crippen molar-refractivity contribution >= 4 is 16.0 Å². The van der Waals surface area contributed by atoms with E-state index in [1.807, 2.05) is 0 Å². The van der Waals surface area contributed by atoms with Gasteiger partial charge in [-0.1, -0.05) is 185 Å². The number of nitrogens with one attached hydrogen (secondary N) is 1. The van der Waals surface area contributed by atoms with Gasteiger partial charge in [0.2, 0.25) is 5.91 Å². The van der Waals surface area contributed by atoms with E-state index in [2.05, 4.69) is 43.5 Å². The zero-order valence-electron chi connectivity index (χ0n) is 33.1. The summed E-state index contributed by atoms with van der Waals surface area (Å²) in [5.74, 6) is -1.57. The highest BCUT2D eigenvalue weighted by Gasteiger charge is 2.27. The van der Waals surface area contributed by atoms with Crippen LogP contribution in [-0.2, 0) is 14.9 Å². The van der Waals surface area contributed by atoms with Crippen molar-refractivity contribution in [3.8, 4) is 0 Å². The third kappa shape index (κ3) is 36.7. The van der Waals surface area contributed by atoms with Crippen molar-refractivity contribution in [2.24, 2.45) is 0 Å². The summed E-state index contributed by atoms with van der Waals surface area (Å²) in [6.07, 6.45) is 44.9. The monoisotopic (exact) mass is 740 g/mol. The number of aliphatic hydroxyl groups is 2. The van der Waals surface area contributed by atoms with Gasteiger partial charge in [-0.05, 0) is 57.8 Å². The second-order valence-electron chi connectivity index (χ2n) is 14.8. The van der Waals surface area contributed by atoms with Gasteiger partial charge >= 0.3 is 0 Å². The lowest BCUT2D eigenvalue weighted by atomic mass is 10.0. The molecule has 4 N–H and O–H groups in total. The number of carbonyl (C=O) groups is 1. The van der Waals surface area contributed by atoms with Gasteiger partial charge in [-0.3, -0.25) is 9.35 Å². The Morgan fingerprint density at radius 2 is 0.882 bits per heavy atom. The van der Waals surface area contributed by atoms with Crippen LogP contribution in [0.2, 0.25) is 0 Å². The lowest BCUT2D eigenvalue weighted by Crippen LogP contribution is -2.50. The molecule has 0 heterocycles. The first-order valence-corrected chi connectivity index (χ1v) is 22.9. The molecule has 51 heavy (non-hydrogen) atoms. The molecule has 0 aliphatic carbocycles. The summed E-state index contributed by atoms with van der Waals surface area (Å²) in [6.45, 7) is 4.51. The Hall–Kier alpha value is -1.48. The van der Waals surface area contributed by atoms with Crippen molar-refractivity contribution < 1.29 is 28.0 Å². The van der Waals surface area contributed by atoms with Crippen LogP contribution in [0, 0.1) is 0 Å². The Morgan fingerprint density at radius 3 is 1.29 bits per heavy atom. The molecule has 3 atom stereocenters. The van der Waals surface area contributed by atoms with Crippen LogP contribution in [-0.4, -0.2) is 53.1 Å². The van der Waals surface area contributed by atoms with Gasteiger partial charge in [0.05, 0.1) is 17.9 Å². The van der Waals surface area contributed by atoms with Crippen molar-refractivity contribution in [2.75, 3.05) is 5.75 Å². The highest BCUT2D eigenvalue weighted by Crippen LogP contribution is 2.14. The predicted octanol–water partition coefficient (Wildman–Crippen LogP) is 11.5. The maximum atomic E-state index is 12.6. The van der Waals surface area contributed by atoms with E-state index in [-0.39, 0.29) is 6.42 Å². The third-order valence-electron chi connectivity index (χ3n) is 9.65. The molecule has 0 bridgehead atoms. The quantitative estimate of drug-likeness (QED) is 0.0284. The molecule has 7 nitrogen and oxygen atoms in total. The van der Waals surface area contributed by atoms with E-state index < -0.39 is 40.0 Å². The number of carbonyl (C=O) groups excluding carboxylic acids is 1. The number of hydrogen-bond donors (Lipinski definition) is 4. The molecule has 0 aromatic carbocycles. The van der Waals surface area contributed by atoms with Crippen LogP contribution in [0.4, 0.5) is 0 Å². The molecule has 0 fully saturated rings. The third-order valence-corrected chi connectivity index (χ3v) is 10.4. The van der Waals surface area contributed by atoms with E-state index in [1.54, 1.807) is 6.08 Å². The number of unbranched alkanes of at least 4 members (excludes halogenated alkanes) is 25. The predicted molar refractivity (Wildman–Crippen MR) is 218 cm³/mol. The van der Waals surface area contributed by atoms with E-state index in [0.29, 0.717) is 12.8 Å². The van der Waals surface area contributed by atoms with Gasteiger partial charge in [-0.2, -0.15) is 8.42 Å². The van der Waals surface area contributed by atoms with Gasteiger partial charge in [0.15, 0.2) is 0 Å². The van der Waals surface area contributed by atoms with Gasteiger partial charge in [-0.25, -0.2) is 0 Å². The zero-order valence-corrected chi connectivity index (χ0v) is 33.9. The van der Waals surface area contributed by atoms with E-state index in [9.17, 15) is 28.0 Å². The molecule has 0 rings (SSSR count). The van der Waals surface area contributed by atoms with E-state index in [0.717, 1.165) is 44.9 Å². The average Bonchev–Trinajstić information content (AvgIpc) is 3.09. The van der Waals surface area contributed by atoms with Crippen molar-refractivity contribution in [1.82, 2.24) is 5.32 Å². The molecule has 0 saturated carbocycles. The van der Waals surface area contributed by atoms with Crippen molar-refractivity contribution in [3.05, 3.63) is 36.5 Å². The summed E-state index contributed by atoms with van der Waals surface area (Å²) < 4.78 is 32.5. The summed E-state index contributed by atoms with van der Waals surface area (Å²) in [5.41, 5.74) is 0. The van der Waals surface area contributed by atoms with Gasteiger partial charge in [0.1, 0.15) is 6.10 Å². The van der Waals surface area contributed by atoms with Gasteiger partial charge < -0.3 is 15.5 Å². The molecule has 0 saturated heterocycles. The van der Waals surface area contributed by atoms with Crippen LogP contribution < -0.4 is 5.32 Å². The maximum absolute atomic E-state index is 12.6. The lowest BCUT2D eigenvalue weighted by Gasteiger charge is -2.22. The normalized spacial score (nSPS) is 14.2. The summed E-state index contributed by atoms with van der Waals surface area (Å²) in [7, 11) is -4.45. The fourth-order valence-electron chi connectivity index (χ4n) is 6.35. The average molecular weight is 740 g/mol. The van der Waals surface area contributed by atoms with Crippen LogP contribution in [0.25, 0.3) is 0 Å². The van der Waals surface area contributed by atoms with Crippen LogP contribution in [0.3, 0.4) is 0 Å². The molecule has 1 amide bonds. The molecule has 0 aliphatic heterocycles. The maximum Gasteiger partial charge on any atom is 0.267 e. The minimum atomic E-state index is -4.45. The van der Waals surface area contributed by atoms with Crippen molar-refractivity contribution in [3.63, 3.8) is 0 Å². The standard InChI is InChI=1S/C43H81NO6S/c1-3-5-7-9-11-13-15-17-19-20-21-22-24-25-27-29-31-33-35-37-41(45)40(39-51(48,49)50)44-43(47)42(46)38-36-34-32-30-28-26-23-18-16-14-12-10-8-6-4-2/h23,26-27,29,35,37,40-42,45-46H,3-22,24-25,28,30-34,36,38-39H2,1-2H3,(H,44,47)(H,48,49,50)/b26-23-,29-27+,37-35+. The first kappa shape index (κ1) is 49.5. The molecule has 0 aliphatic rings. The molecule has 8 heteroatoms. The minimum Gasteiger partial charge on any atom is -0.387 e. The summed E-state index contributed by atoms with van der Waals surface area (Å²) in [6, 6.07) is -1.25. The number of amides is 1. The fraction of sp³-hybridized carbons (Fsp3) is 0.837. The van der Waals surface area contributed by atoms with Crippen LogP contribution >= 0.6 is 0 Å². The summed E-state index contributed by atoms with van der Waals surface area (Å²) >= 11 is 0. The largest absolute Gasteiger partial charge is 0.387 e. The second kappa shape index (κ2) is 36.9. The first-order valence-electron chi connectivity index (χ1n) is 21.3. The Labute approximate surface area is 315 Å². The number of rotatable bonds is 38. The smallest absolute Gasteiger partial charge is 0.267 e. The van der Waals surface area contributed by atoms with Crippen LogP contribution in [0.5, 0.6) is 0 Å². The Kier molecular flexibility index (Phi) is 35.8. The summed E-state index contributed by atoms with van der Waals surface area (Å²) in [4.78, 5) is 12.6. The molecular formula is C43H81NO6S. The molecule has 3 unspecified atom stereocenters. The number of hydrogen-bond acceptors (Lipinski definition) is 5. The van der Waals surface area contributed by atoms with Crippen molar-refractivity contribution in [1.29, 1.82) is 0 Å². The minimum absolute atomic E-state index is 0.260. The topological polar surface area (TPSA) is 124 Å². The van der Waals surface area contributed by atoms with Gasteiger partial charge in [0.25, 0.3) is 10.1 Å². The molecule has 0 spiro atoms. The van der Waals surface area contributed by atoms with E-state index in [1.165, 1.54) is 134 Å². The Morgan fingerprint density at radius 1 is 0.529 bits per heavy atom. The zero-order chi connectivity index (χ0) is 37.7. The molecule has 300 valence electrons. The molecule has 0 aromatic rings. The second-order valence-corrected chi connectivity index (χ2v) is 16.2. The van der Waals surface area contributed by atoms with Gasteiger partial charge in [0, 0.05) is 0 Å². The van der Waals surface area contributed by atoms with E-state index in [4.69, 9.17) is 0 Å². The fourth-order valence-corrected chi connectivity index (χ4v) is 7.08. The Bertz CT molecular complexity index is 964. The molecule has 0 radical (unpaired) electrons. The van der Waals surface area contributed by atoms with Crippen molar-refractivity contribution in [2.45, 2.75) is 225 Å². The number of aliphatic hydroxyl groups excluding tert-OH is 2. The highest BCUT2D eigenvalue weighted by atomic mass is 32.2. The van der Waals surface area contributed by atoms with E-state index >= 15 is 0 Å². The van der Waals surface area contributed by atoms with Crippen LogP contribution in [0.1, 0.15) is 206 Å². The first-order chi connectivity index (χ1) is 24.7. The molecular weight excluding hydrogens is 659 g/mol.